The summed E-state index contributed by atoms with van der Waals surface area (Å²) in [5.41, 5.74) is 10.4. The molecule has 1 rings (SSSR count). The number of carbonyl (C=O) groups excluding carboxylic acids is 6. The van der Waals surface area contributed by atoms with Crippen molar-refractivity contribution in [2.45, 2.75) is 78.1 Å². The molecule has 0 aliphatic carbocycles. The summed E-state index contributed by atoms with van der Waals surface area (Å²) in [7, 11) is 0. The molecule has 0 saturated heterocycles. The van der Waals surface area contributed by atoms with Crippen molar-refractivity contribution >= 4 is 41.7 Å². The van der Waals surface area contributed by atoms with Gasteiger partial charge in [-0.15, -0.1) is 0 Å². The monoisotopic (exact) mass is 810 g/mol. The van der Waals surface area contributed by atoms with Gasteiger partial charge in [-0.05, 0) is 44.7 Å². The Balaban J connectivity index is 2.78. The molecule has 19 heteroatoms. The van der Waals surface area contributed by atoms with Gasteiger partial charge in [0.1, 0.15) is 12.9 Å². The fraction of sp³-hybridized carbons (Fsp3) is 0.684. The zero-order valence-corrected chi connectivity index (χ0v) is 34.2. The maximum absolute atomic E-state index is 13.7. The molecule has 1 aromatic rings. The second-order valence-electron chi connectivity index (χ2n) is 13.7. The maximum Gasteiger partial charge on any atom is 0.312 e. The van der Waals surface area contributed by atoms with E-state index < -0.39 is 35.4 Å². The van der Waals surface area contributed by atoms with Crippen LogP contribution in [0.25, 0.3) is 0 Å². The minimum atomic E-state index is -0.956. The van der Waals surface area contributed by atoms with Gasteiger partial charge in [0.05, 0.1) is 64.4 Å². The zero-order valence-electron chi connectivity index (χ0n) is 34.2. The molecule has 0 fully saturated rings. The average molecular weight is 811 g/mol. The lowest BCUT2D eigenvalue weighted by Gasteiger charge is -2.36. The molecule has 0 saturated carbocycles. The highest BCUT2D eigenvalue weighted by Gasteiger charge is 2.35. The smallest absolute Gasteiger partial charge is 0.312 e. The number of ether oxygens (including phenoxy) is 5. The molecule has 57 heavy (non-hydrogen) atoms. The molecular formula is C38H66N8O11. The van der Waals surface area contributed by atoms with Crippen molar-refractivity contribution in [3.63, 3.8) is 0 Å². The van der Waals surface area contributed by atoms with Crippen LogP contribution in [0.2, 0.25) is 0 Å². The Bertz CT molecular complexity index is 1370. The molecule has 1 aromatic carbocycles. The molecule has 0 spiro atoms. The number of anilines is 1. The number of urea groups is 1. The quantitative estimate of drug-likeness (QED) is 0.0263. The molecule has 0 aliphatic rings. The first-order valence-corrected chi connectivity index (χ1v) is 19.4. The number of carbonyl (C=O) groups is 6. The van der Waals surface area contributed by atoms with E-state index in [9.17, 15) is 28.8 Å². The summed E-state index contributed by atoms with van der Waals surface area (Å²) in [4.78, 5) is 74.4. The van der Waals surface area contributed by atoms with Crippen LogP contribution in [-0.2, 0) is 49.5 Å². The van der Waals surface area contributed by atoms with Crippen molar-refractivity contribution in [1.82, 2.24) is 26.6 Å². The SMILES string of the molecule is CC(=O)OCc1ccc(NC(=O)[C@H](CCCNC(N)=O)NC[C@](C=O)(NC(C)C)C(C)C)cc1C(=O)NCCNC(=O)CCOCCOCCOCCOCCN. The zero-order chi connectivity index (χ0) is 42.5. The summed E-state index contributed by atoms with van der Waals surface area (Å²) < 4.78 is 26.6. The first-order chi connectivity index (χ1) is 27.2. The predicted molar refractivity (Wildman–Crippen MR) is 213 cm³/mol. The van der Waals surface area contributed by atoms with E-state index in [1.54, 1.807) is 12.1 Å². The number of aldehydes is 1. The van der Waals surface area contributed by atoms with Gasteiger partial charge in [-0.1, -0.05) is 19.9 Å². The number of rotatable bonds is 33. The summed E-state index contributed by atoms with van der Waals surface area (Å²) in [5.74, 6) is -1.86. The largest absolute Gasteiger partial charge is 0.461 e. The van der Waals surface area contributed by atoms with Gasteiger partial charge in [0, 0.05) is 68.9 Å². The third-order valence-corrected chi connectivity index (χ3v) is 8.36. The number of amides is 5. The molecule has 0 heterocycles. The minimum Gasteiger partial charge on any atom is -0.461 e. The van der Waals surface area contributed by atoms with Crippen molar-refractivity contribution in [2.75, 3.05) is 90.9 Å². The predicted octanol–water partition coefficient (Wildman–Crippen LogP) is -0.0522. The maximum atomic E-state index is 13.7. The van der Waals surface area contributed by atoms with E-state index in [1.807, 2.05) is 27.7 Å². The van der Waals surface area contributed by atoms with Gasteiger partial charge in [-0.2, -0.15) is 0 Å². The fourth-order valence-corrected chi connectivity index (χ4v) is 5.28. The van der Waals surface area contributed by atoms with E-state index in [4.69, 9.17) is 35.2 Å². The summed E-state index contributed by atoms with van der Waals surface area (Å²) in [6.07, 6.45) is 1.66. The van der Waals surface area contributed by atoms with Gasteiger partial charge in [0.15, 0.2) is 0 Å². The number of nitrogens with one attached hydrogen (secondary N) is 6. The first-order valence-electron chi connectivity index (χ1n) is 19.4. The van der Waals surface area contributed by atoms with Gasteiger partial charge in [-0.25, -0.2) is 4.79 Å². The van der Waals surface area contributed by atoms with Crippen LogP contribution in [0, 0.1) is 5.92 Å². The van der Waals surface area contributed by atoms with Gasteiger partial charge in [0.2, 0.25) is 11.8 Å². The highest BCUT2D eigenvalue weighted by atomic mass is 16.6. The van der Waals surface area contributed by atoms with Crippen molar-refractivity contribution in [3.05, 3.63) is 29.3 Å². The fourth-order valence-electron chi connectivity index (χ4n) is 5.28. The standard InChI is InChI=1S/C38H66N8O11/c1-27(2)38(26-47,46-28(3)4)25-44-33(7-6-12-43-37(40)52)36(51)45-31-9-8-30(24-57-29(5)48)32(23-31)35(50)42-14-13-41-34(49)10-15-53-17-19-55-21-22-56-20-18-54-16-11-39/h8-9,23,26-28,33,44,46H,6-7,10-22,24-25,39H2,1-5H3,(H,41,49)(H,42,50)(H,45,51)(H3,40,43,52)/t33-,38+/m0/s1. The topological polar surface area (TPSA) is 273 Å². The molecule has 0 radical (unpaired) electrons. The summed E-state index contributed by atoms with van der Waals surface area (Å²) >= 11 is 0. The van der Waals surface area contributed by atoms with Crippen LogP contribution in [0.1, 0.15) is 69.8 Å². The van der Waals surface area contributed by atoms with E-state index in [-0.39, 0.29) is 75.7 Å². The van der Waals surface area contributed by atoms with Gasteiger partial charge in [-0.3, -0.25) is 19.2 Å². The summed E-state index contributed by atoms with van der Waals surface area (Å²) in [6.45, 7) is 13.0. The van der Waals surface area contributed by atoms with Crippen LogP contribution >= 0.6 is 0 Å². The van der Waals surface area contributed by atoms with Crippen molar-refractivity contribution in [3.8, 4) is 0 Å². The molecule has 10 N–H and O–H groups in total. The van der Waals surface area contributed by atoms with E-state index in [1.165, 1.54) is 13.0 Å². The Morgan fingerprint density at radius 3 is 2.00 bits per heavy atom. The van der Waals surface area contributed by atoms with Crippen LogP contribution in [0.4, 0.5) is 10.5 Å². The lowest BCUT2D eigenvalue weighted by Crippen LogP contribution is -2.61. The van der Waals surface area contributed by atoms with E-state index >= 15 is 0 Å². The van der Waals surface area contributed by atoms with Crippen molar-refractivity contribution < 1.29 is 52.5 Å². The molecule has 19 nitrogen and oxygen atoms in total. The molecule has 0 aliphatic heterocycles. The normalized spacial score (nSPS) is 12.8. The third kappa shape index (κ3) is 22.9. The number of esters is 1. The van der Waals surface area contributed by atoms with Crippen LogP contribution in [0.5, 0.6) is 0 Å². The Hall–Kier alpha value is -4.24. The van der Waals surface area contributed by atoms with E-state index in [2.05, 4.69) is 31.9 Å². The highest BCUT2D eigenvalue weighted by molar-refractivity contribution is 5.99. The Morgan fingerprint density at radius 2 is 1.44 bits per heavy atom. The molecule has 0 aromatic heterocycles. The van der Waals surface area contributed by atoms with Crippen LogP contribution in [0.3, 0.4) is 0 Å². The second-order valence-corrected chi connectivity index (χ2v) is 13.7. The van der Waals surface area contributed by atoms with Crippen LogP contribution in [-0.4, -0.2) is 139 Å². The number of hydrogen-bond acceptors (Lipinski definition) is 14. The number of benzene rings is 1. The molecule has 0 bridgehead atoms. The number of nitrogens with two attached hydrogens (primary N) is 2. The Kier molecular flexibility index (Phi) is 26.7. The minimum absolute atomic E-state index is 0.00987. The van der Waals surface area contributed by atoms with Crippen molar-refractivity contribution in [1.29, 1.82) is 0 Å². The lowest BCUT2D eigenvalue weighted by molar-refractivity contribution is -0.142. The number of primary amides is 1. The van der Waals surface area contributed by atoms with Crippen molar-refractivity contribution in [2.24, 2.45) is 17.4 Å². The first kappa shape index (κ1) is 50.8. The highest BCUT2D eigenvalue weighted by Crippen LogP contribution is 2.19. The molecule has 324 valence electrons. The number of hydrogen-bond donors (Lipinski definition) is 8. The third-order valence-electron chi connectivity index (χ3n) is 8.36. The lowest BCUT2D eigenvalue weighted by atomic mass is 9.86. The molecular weight excluding hydrogens is 744 g/mol. The summed E-state index contributed by atoms with van der Waals surface area (Å²) in [5, 5.41) is 17.3. The van der Waals surface area contributed by atoms with Gasteiger partial charge >= 0.3 is 12.0 Å². The summed E-state index contributed by atoms with van der Waals surface area (Å²) in [6, 6.07) is 3.12. The average Bonchev–Trinajstić information content (AvgIpc) is 3.16. The second kappa shape index (κ2) is 29.9. The Labute approximate surface area is 336 Å². The van der Waals surface area contributed by atoms with Crippen LogP contribution in [0.15, 0.2) is 18.2 Å². The Morgan fingerprint density at radius 1 is 0.825 bits per heavy atom. The molecule has 5 amide bonds. The molecule has 2 atom stereocenters. The van der Waals surface area contributed by atoms with E-state index in [0.717, 1.165) is 6.29 Å². The van der Waals surface area contributed by atoms with Gasteiger partial charge in [0.25, 0.3) is 5.91 Å². The van der Waals surface area contributed by atoms with Gasteiger partial charge < -0.3 is 71.8 Å². The molecule has 0 unspecified atom stereocenters. The van der Waals surface area contributed by atoms with E-state index in [0.29, 0.717) is 70.5 Å². The van der Waals surface area contributed by atoms with Crippen LogP contribution < -0.4 is 43.4 Å².